The number of aryl methyl sites for hydroxylation is 4. The molecule has 0 fully saturated rings. The molecule has 0 atom stereocenters. The van der Waals surface area contributed by atoms with E-state index in [-0.39, 0.29) is 35.3 Å². The van der Waals surface area contributed by atoms with Gasteiger partial charge in [-0.1, -0.05) is 325 Å². The molecular weight excluding hydrogens is 1250 g/mol. The first kappa shape index (κ1) is 81.8. The van der Waals surface area contributed by atoms with E-state index in [2.05, 4.69) is 116 Å². The van der Waals surface area contributed by atoms with Crippen molar-refractivity contribution in [3.8, 4) is 56.0 Å². The Morgan fingerprint density at radius 2 is 0.571 bits per heavy atom. The second-order valence-corrected chi connectivity index (χ2v) is 33.5. The van der Waals surface area contributed by atoms with Crippen molar-refractivity contribution in [2.45, 2.75) is 220 Å². The first-order valence-corrected chi connectivity index (χ1v) is 41.2. The van der Waals surface area contributed by atoms with Crippen molar-refractivity contribution in [3.63, 3.8) is 0 Å². The van der Waals surface area contributed by atoms with Crippen molar-refractivity contribution in [2.24, 2.45) is 9.98 Å². The number of hydrogen-bond donors (Lipinski definition) is 0. The van der Waals surface area contributed by atoms with Crippen LogP contribution in [-0.2, 0) is 55.0 Å². The third kappa shape index (κ3) is 29.5. The van der Waals surface area contributed by atoms with Crippen LogP contribution >= 0.6 is 7.26 Å². The van der Waals surface area contributed by atoms with Gasteiger partial charge in [0.1, 0.15) is 0 Å². The summed E-state index contributed by atoms with van der Waals surface area (Å²) in [5, 5.41) is 28.0. The Kier molecular flexibility index (Phi) is 39.4. The Balaban J connectivity index is 0.000000328. The Morgan fingerprint density at radius 3 is 0.827 bits per heavy atom. The fourth-order valence-corrected chi connectivity index (χ4v) is 12.7. The van der Waals surface area contributed by atoms with Crippen molar-refractivity contribution in [1.29, 1.82) is 0 Å². The third-order valence-electron chi connectivity index (χ3n) is 17.9. The average molecular weight is 1380 g/mol. The molecule has 98 heavy (non-hydrogen) atoms. The minimum absolute atomic E-state index is 0. The molecule has 0 spiro atoms. The summed E-state index contributed by atoms with van der Waals surface area (Å²) in [6, 6.07) is 58.1. The number of benzene rings is 8. The molecule has 0 saturated carbocycles. The first-order valence-electron chi connectivity index (χ1n) is 37.6. The second-order valence-electron chi connectivity index (χ2n) is 28.1. The summed E-state index contributed by atoms with van der Waals surface area (Å²) in [5.41, 5.74) is 18.8. The summed E-state index contributed by atoms with van der Waals surface area (Å²) in [7, 11) is -0.389. The van der Waals surface area contributed by atoms with Gasteiger partial charge >= 0.3 is 16.5 Å². The molecule has 6 heteroatoms. The molecule has 524 valence electrons. The second kappa shape index (κ2) is 47.2. The molecule has 0 bridgehead atoms. The van der Waals surface area contributed by atoms with Crippen LogP contribution in [0.5, 0.6) is 11.5 Å². The first-order chi connectivity index (χ1) is 47.3. The van der Waals surface area contributed by atoms with Crippen LogP contribution in [0.4, 0.5) is 11.4 Å². The molecule has 0 N–H and O–H groups in total. The van der Waals surface area contributed by atoms with Crippen molar-refractivity contribution in [1.82, 2.24) is 0 Å². The van der Waals surface area contributed by atoms with E-state index in [1.807, 2.05) is 146 Å². The maximum Gasteiger partial charge on any atom is 2.00 e. The average Bonchev–Trinajstić information content (AvgIpc) is 0.810. The zero-order valence-corrected chi connectivity index (χ0v) is 63.5. The van der Waals surface area contributed by atoms with Crippen LogP contribution in [0.3, 0.4) is 0 Å². The van der Waals surface area contributed by atoms with Crippen LogP contribution in [-0.4, -0.2) is 39.1 Å². The predicted octanol–water partition coefficient (Wildman–Crippen LogP) is 26.3. The molecule has 4 nitrogen and oxygen atoms in total. The Morgan fingerprint density at radius 1 is 0.327 bits per heavy atom. The fraction of sp³-hybridized carbons (Fsp3) is 0.413. The molecule has 0 heterocycles. The van der Waals surface area contributed by atoms with Gasteiger partial charge in [-0.05, 0) is 177 Å². The van der Waals surface area contributed by atoms with E-state index >= 15 is 0 Å². The molecule has 0 aromatic heterocycles. The molecule has 0 aliphatic rings. The topological polar surface area (TPSA) is 70.8 Å². The fourth-order valence-electron chi connectivity index (χ4n) is 12.7. The number of unbranched alkanes of at least 4 members (excludes halogenated alkanes) is 20. The van der Waals surface area contributed by atoms with Gasteiger partial charge in [-0.15, -0.1) is 13.2 Å². The van der Waals surface area contributed by atoms with Crippen LogP contribution < -0.4 is 10.2 Å². The Labute approximate surface area is 606 Å². The predicted molar refractivity (Wildman–Crippen MR) is 428 cm³/mol. The number of allylic oxidation sites excluding steroid dienone is 2. The van der Waals surface area contributed by atoms with Gasteiger partial charge in [0.05, 0.1) is 11.4 Å². The van der Waals surface area contributed by atoms with E-state index in [0.717, 1.165) is 109 Å². The van der Waals surface area contributed by atoms with Crippen LogP contribution in [0.2, 0.25) is 0 Å². The van der Waals surface area contributed by atoms with E-state index < -0.39 is 0 Å². The van der Waals surface area contributed by atoms with Gasteiger partial charge in [0.2, 0.25) is 0 Å². The number of nitrogens with zero attached hydrogens (tertiary/aromatic N) is 2. The summed E-state index contributed by atoms with van der Waals surface area (Å²) < 4.78 is 0. The van der Waals surface area contributed by atoms with Crippen LogP contribution in [0, 0.1) is 0 Å². The van der Waals surface area contributed by atoms with E-state index in [0.29, 0.717) is 22.3 Å². The van der Waals surface area contributed by atoms with Gasteiger partial charge in [-0.2, -0.15) is 0 Å². The van der Waals surface area contributed by atoms with Crippen molar-refractivity contribution in [2.75, 3.05) is 26.7 Å². The largest absolute Gasteiger partial charge is 2.00 e. The van der Waals surface area contributed by atoms with Gasteiger partial charge in [0, 0.05) is 46.4 Å². The minimum atomic E-state index is -0.389. The van der Waals surface area contributed by atoms with E-state index in [1.165, 1.54) is 162 Å². The van der Waals surface area contributed by atoms with Crippen molar-refractivity contribution >= 4 is 31.1 Å². The monoisotopic (exact) mass is 1370 g/mol. The van der Waals surface area contributed by atoms with Gasteiger partial charge in [0.25, 0.3) is 0 Å². The van der Waals surface area contributed by atoms with Gasteiger partial charge in [-0.25, -0.2) is 0 Å². The summed E-state index contributed by atoms with van der Waals surface area (Å²) in [6.07, 6.45) is 43.8. The summed E-state index contributed by atoms with van der Waals surface area (Å²) in [5.74, 6) is 0.0423. The standard InChI is InChI=1S/2C44H55NO.C4H12P.Ni/c2*1-4-7-9-11-13-17-28-38-30-35(23-6-3)31-39(29-18-14-12-10-8-5-2)43(38)45-34-41-32-40(36-24-19-15-20-25-36)33-42(44(41)46)37-26-21-16-22-27-37;1-5(2,3)4;/h2*6,15-16,19-22,24-27,30-34,46H,3-5,7-14,17-18,23,28-29H2,1-2H3;1-4H3;/q;;+1;+2/p-2. The normalized spacial score (nSPS) is 11.3. The summed E-state index contributed by atoms with van der Waals surface area (Å²) in [4.78, 5) is 10.4. The van der Waals surface area contributed by atoms with E-state index in [9.17, 15) is 10.2 Å². The molecular formula is C92H120N2NiO2P+. The van der Waals surface area contributed by atoms with Crippen LogP contribution in [0.25, 0.3) is 44.5 Å². The van der Waals surface area contributed by atoms with E-state index in [4.69, 9.17) is 9.98 Å². The summed E-state index contributed by atoms with van der Waals surface area (Å²) in [6.45, 7) is 26.3. The molecule has 0 unspecified atom stereocenters. The van der Waals surface area contributed by atoms with Gasteiger partial charge in [0.15, 0.2) is 0 Å². The van der Waals surface area contributed by atoms with Crippen molar-refractivity contribution < 1.29 is 26.7 Å². The molecule has 0 saturated heterocycles. The molecule has 0 amide bonds. The van der Waals surface area contributed by atoms with Crippen molar-refractivity contribution in [3.05, 3.63) is 240 Å². The Bertz CT molecular complexity index is 3280. The van der Waals surface area contributed by atoms with Crippen LogP contribution in [0.15, 0.2) is 205 Å². The van der Waals surface area contributed by atoms with Gasteiger partial charge < -0.3 is 10.2 Å². The molecule has 0 aliphatic heterocycles. The number of rotatable bonds is 40. The number of hydrogen-bond acceptors (Lipinski definition) is 4. The SMILES string of the molecule is C=CCc1cc(CCCCCCCC)c(N=Cc2cc(-c3ccccc3)cc(-c3ccccc3)c2[O-])c(CCCCCCCC)c1.C=CCc1cc(CCCCCCCC)c(N=Cc2cc(-c3ccccc3)cc(-c3ccccc3)c2[O-])c(CCCCCCCC)c1.C[P+](C)(C)C.[Ni+2]. The molecule has 8 aromatic carbocycles. The molecule has 0 radical (unpaired) electrons. The van der Waals surface area contributed by atoms with Gasteiger partial charge in [-0.3, -0.25) is 9.98 Å². The summed E-state index contributed by atoms with van der Waals surface area (Å²) >= 11 is 0. The zero-order valence-electron chi connectivity index (χ0n) is 61.6. The van der Waals surface area contributed by atoms with Crippen LogP contribution in [0.1, 0.15) is 226 Å². The zero-order chi connectivity index (χ0) is 69.3. The smallest absolute Gasteiger partial charge is 0.872 e. The molecule has 8 rings (SSSR count). The maximum atomic E-state index is 14.0. The Hall–Kier alpha value is -6.90. The molecule has 8 aromatic rings. The maximum absolute atomic E-state index is 14.0. The molecule has 0 aliphatic carbocycles. The van der Waals surface area contributed by atoms with E-state index in [1.54, 1.807) is 0 Å². The third-order valence-corrected chi connectivity index (χ3v) is 17.9. The number of aliphatic imine (C=N–C) groups is 2. The quantitative estimate of drug-likeness (QED) is 0.0126. The minimum Gasteiger partial charge on any atom is -0.872 e.